The molecule has 0 N–H and O–H groups in total. The van der Waals surface area contributed by atoms with E-state index in [9.17, 15) is 4.79 Å². The van der Waals surface area contributed by atoms with Crippen molar-refractivity contribution in [2.45, 2.75) is 86.0 Å². The molecule has 1 aliphatic rings. The van der Waals surface area contributed by atoms with Crippen LogP contribution < -0.4 is 0 Å². The zero-order valence-electron chi connectivity index (χ0n) is 14.0. The third-order valence-corrected chi connectivity index (χ3v) is 4.37. The van der Waals surface area contributed by atoms with Gasteiger partial charge in [0, 0.05) is 5.41 Å². The van der Waals surface area contributed by atoms with Gasteiger partial charge in [-0.05, 0) is 33.6 Å². The smallest absolute Gasteiger partial charge is 0.313 e. The van der Waals surface area contributed by atoms with E-state index < -0.39 is 16.4 Å². The lowest BCUT2D eigenvalue weighted by atomic mass is 9.61. The van der Waals surface area contributed by atoms with Crippen LogP contribution in [-0.4, -0.2) is 17.9 Å². The molecule has 0 saturated carbocycles. The van der Waals surface area contributed by atoms with Crippen LogP contribution in [0.4, 0.5) is 0 Å². The first-order valence-corrected chi connectivity index (χ1v) is 7.66. The Balaban J connectivity index is 3.07. The number of rotatable bonds is 7. The molecule has 1 aliphatic heterocycles. The standard InChI is InChI=1S/C16H30O4/c1-8-10-11-16(9-2,12(17)18-14(3,4)5)15(6,7)13-19-20-13/h13H,8-11H2,1-7H3. The molecule has 20 heavy (non-hydrogen) atoms. The summed E-state index contributed by atoms with van der Waals surface area (Å²) in [6.07, 6.45) is 3.24. The number of ether oxygens (including phenoxy) is 1. The third kappa shape index (κ3) is 3.53. The largest absolute Gasteiger partial charge is 0.460 e. The maximum atomic E-state index is 12.9. The quantitative estimate of drug-likeness (QED) is 0.399. The lowest BCUT2D eigenvalue weighted by Crippen LogP contribution is -2.50. The van der Waals surface area contributed by atoms with Crippen molar-refractivity contribution < 1.29 is 19.3 Å². The van der Waals surface area contributed by atoms with E-state index in [2.05, 4.69) is 6.92 Å². The molecule has 1 atom stereocenters. The molecule has 4 heteroatoms. The molecule has 1 unspecified atom stereocenters. The van der Waals surface area contributed by atoms with Gasteiger partial charge in [-0.1, -0.05) is 40.5 Å². The van der Waals surface area contributed by atoms with Crippen molar-refractivity contribution in [3.05, 3.63) is 0 Å². The number of carbonyl (C=O) groups excluding carboxylic acids is 1. The highest BCUT2D eigenvalue weighted by molar-refractivity contribution is 5.78. The topological polar surface area (TPSA) is 51.4 Å². The monoisotopic (exact) mass is 286 g/mol. The minimum Gasteiger partial charge on any atom is -0.460 e. The Labute approximate surface area is 123 Å². The SMILES string of the molecule is CCCCC(CC)(C(=O)OC(C)(C)C)C(C)(C)C1OO1. The Morgan fingerprint density at radius 2 is 1.65 bits per heavy atom. The molecule has 1 saturated heterocycles. The minimum atomic E-state index is -0.572. The zero-order chi connectivity index (χ0) is 15.6. The highest BCUT2D eigenvalue weighted by Gasteiger charge is 2.60. The first-order chi connectivity index (χ1) is 9.10. The second kappa shape index (κ2) is 6.02. The van der Waals surface area contributed by atoms with E-state index >= 15 is 0 Å². The van der Waals surface area contributed by atoms with Crippen LogP contribution in [0.2, 0.25) is 0 Å². The van der Waals surface area contributed by atoms with E-state index in [0.717, 1.165) is 25.7 Å². The van der Waals surface area contributed by atoms with Crippen molar-refractivity contribution in [3.8, 4) is 0 Å². The van der Waals surface area contributed by atoms with Crippen LogP contribution in [0.15, 0.2) is 0 Å². The van der Waals surface area contributed by atoms with Crippen molar-refractivity contribution in [2.24, 2.45) is 10.8 Å². The molecule has 1 heterocycles. The van der Waals surface area contributed by atoms with Crippen LogP contribution in [0.3, 0.4) is 0 Å². The number of hydrogen-bond acceptors (Lipinski definition) is 4. The summed E-state index contributed by atoms with van der Waals surface area (Å²) in [5.41, 5.74) is -1.46. The summed E-state index contributed by atoms with van der Waals surface area (Å²) in [4.78, 5) is 22.9. The van der Waals surface area contributed by atoms with Crippen LogP contribution in [0.5, 0.6) is 0 Å². The third-order valence-electron chi connectivity index (χ3n) is 4.37. The molecular weight excluding hydrogens is 256 g/mol. The van der Waals surface area contributed by atoms with Crippen LogP contribution >= 0.6 is 0 Å². The fourth-order valence-corrected chi connectivity index (χ4v) is 2.81. The Morgan fingerprint density at radius 1 is 1.10 bits per heavy atom. The summed E-state index contributed by atoms with van der Waals surface area (Å²) in [7, 11) is 0. The number of unbranched alkanes of at least 4 members (excludes halogenated alkanes) is 1. The maximum Gasteiger partial charge on any atom is 0.313 e. The van der Waals surface area contributed by atoms with Crippen LogP contribution in [0, 0.1) is 10.8 Å². The number of esters is 1. The molecule has 0 aliphatic carbocycles. The second-order valence-electron chi connectivity index (χ2n) is 7.29. The lowest BCUT2D eigenvalue weighted by Gasteiger charge is -2.43. The highest BCUT2D eigenvalue weighted by Crippen LogP contribution is 2.53. The molecule has 0 aromatic heterocycles. The van der Waals surface area contributed by atoms with Crippen LogP contribution in [-0.2, 0) is 19.3 Å². The fraction of sp³-hybridized carbons (Fsp3) is 0.938. The zero-order valence-corrected chi connectivity index (χ0v) is 14.0. The average molecular weight is 286 g/mol. The Morgan fingerprint density at radius 3 is 2.00 bits per heavy atom. The van der Waals surface area contributed by atoms with E-state index in [1.165, 1.54) is 0 Å². The molecule has 4 nitrogen and oxygen atoms in total. The molecule has 0 spiro atoms. The van der Waals surface area contributed by atoms with Gasteiger partial charge in [-0.25, -0.2) is 0 Å². The molecule has 1 rings (SSSR count). The molecular formula is C16H30O4. The first-order valence-electron chi connectivity index (χ1n) is 7.66. The van der Waals surface area contributed by atoms with Crippen molar-refractivity contribution in [1.29, 1.82) is 0 Å². The Bertz CT molecular complexity index is 339. The van der Waals surface area contributed by atoms with Crippen molar-refractivity contribution in [3.63, 3.8) is 0 Å². The van der Waals surface area contributed by atoms with E-state index in [1.54, 1.807) is 0 Å². The summed E-state index contributed by atoms with van der Waals surface area (Å²) >= 11 is 0. The molecule has 0 aromatic carbocycles. The van der Waals surface area contributed by atoms with Gasteiger partial charge in [0.25, 0.3) is 0 Å². The number of carbonyl (C=O) groups is 1. The van der Waals surface area contributed by atoms with E-state index in [-0.39, 0.29) is 12.3 Å². The predicted molar refractivity (Wildman–Crippen MR) is 77.8 cm³/mol. The molecule has 0 radical (unpaired) electrons. The van der Waals surface area contributed by atoms with Gasteiger partial charge in [-0.15, -0.1) is 0 Å². The van der Waals surface area contributed by atoms with Gasteiger partial charge in [0.2, 0.25) is 6.29 Å². The van der Waals surface area contributed by atoms with Crippen molar-refractivity contribution in [2.75, 3.05) is 0 Å². The summed E-state index contributed by atoms with van der Waals surface area (Å²) < 4.78 is 5.71. The Kier molecular flexibility index (Phi) is 5.25. The van der Waals surface area contributed by atoms with E-state index in [1.807, 2.05) is 41.5 Å². The second-order valence-corrected chi connectivity index (χ2v) is 7.29. The van der Waals surface area contributed by atoms with Crippen molar-refractivity contribution in [1.82, 2.24) is 0 Å². The van der Waals surface area contributed by atoms with E-state index in [4.69, 9.17) is 14.5 Å². The lowest BCUT2D eigenvalue weighted by molar-refractivity contribution is -0.179. The Hall–Kier alpha value is -0.610. The van der Waals surface area contributed by atoms with Crippen LogP contribution in [0.1, 0.15) is 74.1 Å². The molecule has 118 valence electrons. The number of hydrogen-bond donors (Lipinski definition) is 0. The van der Waals surface area contributed by atoms with Crippen LogP contribution in [0.25, 0.3) is 0 Å². The minimum absolute atomic E-state index is 0.134. The van der Waals surface area contributed by atoms with E-state index in [0.29, 0.717) is 0 Å². The summed E-state index contributed by atoms with van der Waals surface area (Å²) in [6, 6.07) is 0. The van der Waals surface area contributed by atoms with Gasteiger partial charge < -0.3 is 4.74 Å². The molecule has 1 fully saturated rings. The van der Waals surface area contributed by atoms with Gasteiger partial charge in [0.15, 0.2) is 0 Å². The van der Waals surface area contributed by atoms with Gasteiger partial charge in [0.05, 0.1) is 5.41 Å². The van der Waals surface area contributed by atoms with Gasteiger partial charge >= 0.3 is 5.97 Å². The van der Waals surface area contributed by atoms with Gasteiger partial charge in [-0.2, -0.15) is 9.78 Å². The molecule has 0 bridgehead atoms. The van der Waals surface area contributed by atoms with Crippen molar-refractivity contribution >= 4 is 5.97 Å². The van der Waals surface area contributed by atoms with Gasteiger partial charge in [-0.3, -0.25) is 4.79 Å². The summed E-state index contributed by atoms with van der Waals surface area (Å²) in [6.45, 7) is 14.0. The molecule has 0 amide bonds. The molecule has 0 aromatic rings. The van der Waals surface area contributed by atoms with Gasteiger partial charge in [0.1, 0.15) is 5.60 Å². The predicted octanol–water partition coefficient (Wildman–Crippen LogP) is 4.23. The highest BCUT2D eigenvalue weighted by atomic mass is 17.4. The summed E-state index contributed by atoms with van der Waals surface area (Å²) in [5.74, 6) is -0.134. The normalized spacial score (nSPS) is 19.6. The average Bonchev–Trinajstić information content (AvgIpc) is 3.11. The summed E-state index contributed by atoms with van der Waals surface area (Å²) in [5, 5.41) is 0. The first kappa shape index (κ1) is 17.4. The fourth-order valence-electron chi connectivity index (χ4n) is 2.81. The maximum absolute atomic E-state index is 12.9.